The molecule has 3 nitrogen and oxygen atoms in total. The molecular formula is C8H7F2NO2. The summed E-state index contributed by atoms with van der Waals surface area (Å²) < 4.78 is 25.3. The highest BCUT2D eigenvalue weighted by atomic mass is 19.1. The number of amides is 1. The van der Waals surface area contributed by atoms with Gasteiger partial charge in [0.1, 0.15) is 0 Å². The number of aromatic hydroxyl groups is 1. The Balaban J connectivity index is 3.06. The van der Waals surface area contributed by atoms with Gasteiger partial charge in [-0.3, -0.25) is 4.79 Å². The zero-order valence-electron chi connectivity index (χ0n) is 6.77. The Labute approximate surface area is 73.0 Å². The van der Waals surface area contributed by atoms with Crippen LogP contribution in [0.4, 0.5) is 14.5 Å². The van der Waals surface area contributed by atoms with E-state index in [1.807, 2.05) is 0 Å². The fraction of sp³-hybridized carbons (Fsp3) is 0.125. The van der Waals surface area contributed by atoms with Crippen LogP contribution in [0, 0.1) is 11.6 Å². The second-order valence-corrected chi connectivity index (χ2v) is 2.47. The smallest absolute Gasteiger partial charge is 0.221 e. The third-order valence-electron chi connectivity index (χ3n) is 1.34. The summed E-state index contributed by atoms with van der Waals surface area (Å²) in [6.07, 6.45) is 0. The lowest BCUT2D eigenvalue weighted by Crippen LogP contribution is -2.06. The van der Waals surface area contributed by atoms with Gasteiger partial charge in [0.25, 0.3) is 0 Å². The minimum absolute atomic E-state index is 0.0275. The van der Waals surface area contributed by atoms with E-state index in [2.05, 4.69) is 5.32 Å². The van der Waals surface area contributed by atoms with Gasteiger partial charge in [-0.25, -0.2) is 8.78 Å². The van der Waals surface area contributed by atoms with E-state index in [1.54, 1.807) is 0 Å². The van der Waals surface area contributed by atoms with Crippen LogP contribution in [0.2, 0.25) is 0 Å². The molecule has 0 atom stereocenters. The van der Waals surface area contributed by atoms with E-state index >= 15 is 0 Å². The molecule has 1 rings (SSSR count). The summed E-state index contributed by atoms with van der Waals surface area (Å²) >= 11 is 0. The van der Waals surface area contributed by atoms with Gasteiger partial charge < -0.3 is 10.4 Å². The summed E-state index contributed by atoms with van der Waals surface area (Å²) in [5, 5.41) is 10.9. The van der Waals surface area contributed by atoms with Crippen molar-refractivity contribution in [1.29, 1.82) is 0 Å². The van der Waals surface area contributed by atoms with Gasteiger partial charge in [-0.1, -0.05) is 0 Å². The van der Waals surface area contributed by atoms with Crippen molar-refractivity contribution in [3.8, 4) is 5.75 Å². The number of phenols is 1. The van der Waals surface area contributed by atoms with Crippen LogP contribution in [0.1, 0.15) is 6.92 Å². The number of hydrogen-bond acceptors (Lipinski definition) is 2. The molecule has 0 radical (unpaired) electrons. The number of phenolic OH excluding ortho intramolecular Hbond substituents is 1. The molecule has 70 valence electrons. The molecule has 0 spiro atoms. The quantitative estimate of drug-likeness (QED) is 0.656. The lowest BCUT2D eigenvalue weighted by molar-refractivity contribution is -0.114. The maximum atomic E-state index is 12.6. The zero-order chi connectivity index (χ0) is 10.0. The highest BCUT2D eigenvalue weighted by Crippen LogP contribution is 2.23. The molecule has 0 fully saturated rings. The second kappa shape index (κ2) is 3.38. The summed E-state index contributed by atoms with van der Waals surface area (Å²) in [6, 6.07) is 1.67. The first-order valence-corrected chi connectivity index (χ1v) is 3.46. The second-order valence-electron chi connectivity index (χ2n) is 2.47. The number of benzene rings is 1. The molecule has 0 bridgehead atoms. The standard InChI is InChI=1S/C8H7F2NO2/c1-4(12)11-5-2-6(9)8(13)7(10)3-5/h2-3,13H,1H3,(H,11,12). The predicted molar refractivity (Wildman–Crippen MR) is 42.3 cm³/mol. The minimum atomic E-state index is -1.11. The zero-order valence-corrected chi connectivity index (χ0v) is 6.77. The van der Waals surface area contributed by atoms with E-state index in [4.69, 9.17) is 5.11 Å². The molecule has 0 aliphatic rings. The van der Waals surface area contributed by atoms with Gasteiger partial charge in [-0.2, -0.15) is 0 Å². The number of nitrogens with one attached hydrogen (secondary N) is 1. The highest BCUT2D eigenvalue weighted by molar-refractivity contribution is 5.88. The van der Waals surface area contributed by atoms with Gasteiger partial charge in [0.15, 0.2) is 17.4 Å². The first kappa shape index (κ1) is 9.44. The van der Waals surface area contributed by atoms with Gasteiger partial charge in [0.05, 0.1) is 0 Å². The van der Waals surface area contributed by atoms with Gasteiger partial charge in [-0.15, -0.1) is 0 Å². The van der Waals surface area contributed by atoms with Crippen molar-refractivity contribution < 1.29 is 18.7 Å². The maximum absolute atomic E-state index is 12.6. The molecule has 0 aliphatic heterocycles. The number of rotatable bonds is 1. The van der Waals surface area contributed by atoms with Gasteiger partial charge >= 0.3 is 0 Å². The topological polar surface area (TPSA) is 49.3 Å². The normalized spacial score (nSPS) is 9.77. The van der Waals surface area contributed by atoms with E-state index < -0.39 is 23.3 Å². The van der Waals surface area contributed by atoms with Crippen molar-refractivity contribution in [2.75, 3.05) is 5.32 Å². The Morgan fingerprint density at radius 3 is 2.23 bits per heavy atom. The molecule has 1 aromatic carbocycles. The van der Waals surface area contributed by atoms with E-state index in [-0.39, 0.29) is 5.69 Å². The molecule has 0 heterocycles. The lowest BCUT2D eigenvalue weighted by Gasteiger charge is -2.03. The molecule has 1 aromatic rings. The number of carbonyl (C=O) groups excluding carboxylic acids is 1. The van der Waals surface area contributed by atoms with Crippen LogP contribution < -0.4 is 5.32 Å². The third kappa shape index (κ3) is 2.14. The van der Waals surface area contributed by atoms with Crippen LogP contribution in [0.3, 0.4) is 0 Å². The number of carbonyl (C=O) groups is 1. The van der Waals surface area contributed by atoms with Gasteiger partial charge in [0, 0.05) is 24.7 Å². The van der Waals surface area contributed by atoms with Crippen LogP contribution in [0.25, 0.3) is 0 Å². The van der Waals surface area contributed by atoms with Crippen LogP contribution in [-0.2, 0) is 4.79 Å². The van der Waals surface area contributed by atoms with Crippen LogP contribution in [-0.4, -0.2) is 11.0 Å². The molecule has 2 N–H and O–H groups in total. The number of hydrogen-bond donors (Lipinski definition) is 2. The Kier molecular flexibility index (Phi) is 2.46. The van der Waals surface area contributed by atoms with E-state index in [0.29, 0.717) is 0 Å². The molecule has 13 heavy (non-hydrogen) atoms. The lowest BCUT2D eigenvalue weighted by atomic mass is 10.2. The third-order valence-corrected chi connectivity index (χ3v) is 1.34. The number of halogens is 2. The van der Waals surface area contributed by atoms with Crippen molar-refractivity contribution in [1.82, 2.24) is 0 Å². The van der Waals surface area contributed by atoms with E-state index in [1.165, 1.54) is 6.92 Å². The maximum Gasteiger partial charge on any atom is 0.221 e. The Morgan fingerprint density at radius 2 is 1.85 bits per heavy atom. The summed E-state index contributed by atoms with van der Waals surface area (Å²) in [6.45, 7) is 1.21. The van der Waals surface area contributed by atoms with Crippen molar-refractivity contribution in [2.24, 2.45) is 0 Å². The Morgan fingerprint density at radius 1 is 1.38 bits per heavy atom. The summed E-state index contributed by atoms with van der Waals surface area (Å²) in [5.74, 6) is -3.70. The molecule has 0 aromatic heterocycles. The average Bonchev–Trinajstić information content (AvgIpc) is 1.98. The molecular weight excluding hydrogens is 180 g/mol. The first-order valence-electron chi connectivity index (χ1n) is 3.46. The fourth-order valence-corrected chi connectivity index (χ4v) is 0.841. The van der Waals surface area contributed by atoms with E-state index in [9.17, 15) is 13.6 Å². The van der Waals surface area contributed by atoms with Gasteiger partial charge in [0.2, 0.25) is 5.91 Å². The Bertz CT molecular complexity index is 329. The summed E-state index contributed by atoms with van der Waals surface area (Å²) in [5.41, 5.74) is -0.0275. The van der Waals surface area contributed by atoms with E-state index in [0.717, 1.165) is 12.1 Å². The molecule has 0 aliphatic carbocycles. The largest absolute Gasteiger partial charge is 0.503 e. The SMILES string of the molecule is CC(=O)Nc1cc(F)c(O)c(F)c1. The molecule has 5 heteroatoms. The summed E-state index contributed by atoms with van der Waals surface area (Å²) in [4.78, 5) is 10.5. The Hall–Kier alpha value is -1.65. The summed E-state index contributed by atoms with van der Waals surface area (Å²) in [7, 11) is 0. The van der Waals surface area contributed by atoms with Crippen LogP contribution in [0.5, 0.6) is 5.75 Å². The van der Waals surface area contributed by atoms with Crippen LogP contribution >= 0.6 is 0 Å². The average molecular weight is 187 g/mol. The molecule has 0 saturated carbocycles. The number of anilines is 1. The predicted octanol–water partition coefficient (Wildman–Crippen LogP) is 1.63. The van der Waals surface area contributed by atoms with Gasteiger partial charge in [-0.05, 0) is 0 Å². The van der Waals surface area contributed by atoms with Crippen molar-refractivity contribution >= 4 is 11.6 Å². The molecule has 0 saturated heterocycles. The minimum Gasteiger partial charge on any atom is -0.503 e. The fourth-order valence-electron chi connectivity index (χ4n) is 0.841. The van der Waals surface area contributed by atoms with Crippen LogP contribution in [0.15, 0.2) is 12.1 Å². The monoisotopic (exact) mass is 187 g/mol. The van der Waals surface area contributed by atoms with Crippen molar-refractivity contribution in [3.63, 3.8) is 0 Å². The highest BCUT2D eigenvalue weighted by Gasteiger charge is 2.09. The van der Waals surface area contributed by atoms with Crippen molar-refractivity contribution in [2.45, 2.75) is 6.92 Å². The molecule has 1 amide bonds. The first-order chi connectivity index (χ1) is 6.00. The van der Waals surface area contributed by atoms with Crippen molar-refractivity contribution in [3.05, 3.63) is 23.8 Å². The molecule has 0 unspecified atom stereocenters.